The second-order valence-corrected chi connectivity index (χ2v) is 10.7. The van der Waals surface area contributed by atoms with Crippen molar-refractivity contribution in [2.24, 2.45) is 5.92 Å². The SMILES string of the molecule is COc1ccc(NC(=O)N(C)C[C@H]2Oc3ccc(NC(=O)Nc4c(C)noc4C)cc3C(=O)N([C@H](C)CO)C[C@@H]2C)cc1. The van der Waals surface area contributed by atoms with Gasteiger partial charge in [-0.25, -0.2) is 9.59 Å². The average molecular weight is 595 g/mol. The van der Waals surface area contributed by atoms with Gasteiger partial charge in [-0.05, 0) is 63.2 Å². The Kier molecular flexibility index (Phi) is 9.76. The summed E-state index contributed by atoms with van der Waals surface area (Å²) < 4.78 is 16.6. The number of likely N-dealkylation sites (N-methyl/N-ethyl adjacent to an activating group) is 1. The van der Waals surface area contributed by atoms with E-state index in [1.54, 1.807) is 76.2 Å². The number of hydrogen-bond acceptors (Lipinski definition) is 8. The van der Waals surface area contributed by atoms with E-state index in [-0.39, 0.29) is 43.1 Å². The molecule has 4 N–H and O–H groups in total. The number of nitrogens with one attached hydrogen (secondary N) is 3. The molecule has 3 aromatic rings. The summed E-state index contributed by atoms with van der Waals surface area (Å²) >= 11 is 0. The highest BCUT2D eigenvalue weighted by atomic mass is 16.5. The fraction of sp³-hybridized carbons (Fsp3) is 0.400. The van der Waals surface area contributed by atoms with Crippen LogP contribution in [0.25, 0.3) is 0 Å². The van der Waals surface area contributed by atoms with Crippen LogP contribution in [0.15, 0.2) is 47.0 Å². The van der Waals surface area contributed by atoms with Gasteiger partial charge in [0.25, 0.3) is 5.91 Å². The van der Waals surface area contributed by atoms with Crippen LogP contribution in [0.2, 0.25) is 0 Å². The lowest BCUT2D eigenvalue weighted by Gasteiger charge is -2.38. The fourth-order valence-electron chi connectivity index (χ4n) is 4.70. The minimum absolute atomic E-state index is 0.194. The first-order chi connectivity index (χ1) is 20.5. The van der Waals surface area contributed by atoms with Gasteiger partial charge in [0.15, 0.2) is 5.76 Å². The Labute approximate surface area is 250 Å². The van der Waals surface area contributed by atoms with Gasteiger partial charge >= 0.3 is 12.1 Å². The number of ether oxygens (including phenoxy) is 2. The van der Waals surface area contributed by atoms with E-state index in [0.717, 1.165) is 0 Å². The van der Waals surface area contributed by atoms with Crippen molar-refractivity contribution in [3.05, 3.63) is 59.5 Å². The van der Waals surface area contributed by atoms with Crippen LogP contribution in [0.5, 0.6) is 11.5 Å². The number of nitrogens with zero attached hydrogens (tertiary/aromatic N) is 3. The number of amides is 5. The van der Waals surface area contributed by atoms with Crippen LogP contribution < -0.4 is 25.4 Å². The molecule has 0 unspecified atom stereocenters. The number of aryl methyl sites for hydroxylation is 2. The smallest absolute Gasteiger partial charge is 0.323 e. The molecule has 3 atom stereocenters. The predicted molar refractivity (Wildman–Crippen MR) is 161 cm³/mol. The van der Waals surface area contributed by atoms with Gasteiger partial charge in [-0.1, -0.05) is 12.1 Å². The Morgan fingerprint density at radius 3 is 2.47 bits per heavy atom. The maximum Gasteiger partial charge on any atom is 0.323 e. The van der Waals surface area contributed by atoms with E-state index < -0.39 is 18.2 Å². The van der Waals surface area contributed by atoms with Gasteiger partial charge in [0, 0.05) is 30.9 Å². The molecule has 1 aromatic heterocycles. The molecule has 0 fully saturated rings. The van der Waals surface area contributed by atoms with Crippen LogP contribution in [-0.4, -0.2) is 84.0 Å². The lowest BCUT2D eigenvalue weighted by molar-refractivity contribution is 0.0371. The van der Waals surface area contributed by atoms with Crippen LogP contribution in [0.1, 0.15) is 35.7 Å². The van der Waals surface area contributed by atoms with Crippen LogP contribution >= 0.6 is 0 Å². The number of aromatic nitrogens is 1. The zero-order valence-corrected chi connectivity index (χ0v) is 25.1. The number of benzene rings is 2. The number of carbonyl (C=O) groups excluding carboxylic acids is 3. The molecule has 2 aromatic carbocycles. The first kappa shape index (κ1) is 31.2. The van der Waals surface area contributed by atoms with E-state index in [2.05, 4.69) is 21.1 Å². The first-order valence-electron chi connectivity index (χ1n) is 13.9. The van der Waals surface area contributed by atoms with E-state index in [9.17, 15) is 19.5 Å². The Morgan fingerprint density at radius 2 is 1.84 bits per heavy atom. The maximum absolute atomic E-state index is 13.7. The third kappa shape index (κ3) is 7.36. The number of carbonyl (C=O) groups is 3. The Morgan fingerprint density at radius 1 is 1.14 bits per heavy atom. The lowest BCUT2D eigenvalue weighted by atomic mass is 9.99. The monoisotopic (exact) mass is 594 g/mol. The van der Waals surface area contributed by atoms with Gasteiger partial charge in [0.1, 0.15) is 29.0 Å². The summed E-state index contributed by atoms with van der Waals surface area (Å²) in [5, 5.41) is 22.1. The molecular weight excluding hydrogens is 556 g/mol. The lowest BCUT2D eigenvalue weighted by Crippen LogP contribution is -2.50. The van der Waals surface area contributed by atoms with Crippen molar-refractivity contribution >= 4 is 35.0 Å². The first-order valence-corrected chi connectivity index (χ1v) is 13.9. The zero-order chi connectivity index (χ0) is 31.3. The van der Waals surface area contributed by atoms with Crippen LogP contribution in [0.4, 0.5) is 26.7 Å². The molecule has 43 heavy (non-hydrogen) atoms. The highest BCUT2D eigenvalue weighted by Gasteiger charge is 2.34. The summed E-state index contributed by atoms with van der Waals surface area (Å²) in [4.78, 5) is 42.5. The van der Waals surface area contributed by atoms with Gasteiger partial charge in [0.05, 0.1) is 31.9 Å². The standard InChI is InChI=1S/C30H38N6O7/c1-17-14-36(18(2)16-37)28(38)24-13-22(31-29(39)33-27-19(3)34-43-20(27)4)9-12-25(24)42-26(17)15-35(5)30(40)32-21-7-10-23(41-6)11-8-21/h7-13,17-18,26,37H,14-16H2,1-6H3,(H,32,40)(H2,31,33,39)/t17-,18+,26+/m0/s1. The number of anilines is 3. The second-order valence-electron chi connectivity index (χ2n) is 10.7. The van der Waals surface area contributed by atoms with Crippen molar-refractivity contribution in [3.63, 3.8) is 0 Å². The third-order valence-corrected chi connectivity index (χ3v) is 7.34. The highest BCUT2D eigenvalue weighted by Crippen LogP contribution is 2.31. The van der Waals surface area contributed by atoms with Gasteiger partial charge in [-0.2, -0.15) is 0 Å². The van der Waals surface area contributed by atoms with E-state index >= 15 is 0 Å². The number of methoxy groups -OCH3 is 1. The molecule has 0 saturated heterocycles. The van der Waals surface area contributed by atoms with Crippen molar-refractivity contribution in [3.8, 4) is 11.5 Å². The molecule has 230 valence electrons. The van der Waals surface area contributed by atoms with Crippen LogP contribution in [0.3, 0.4) is 0 Å². The van der Waals surface area contributed by atoms with Gasteiger partial charge in [-0.3, -0.25) is 4.79 Å². The Balaban J connectivity index is 1.54. The Bertz CT molecular complexity index is 1440. The minimum Gasteiger partial charge on any atom is -0.497 e. The summed E-state index contributed by atoms with van der Waals surface area (Å²) in [6, 6.07) is 10.4. The van der Waals surface area contributed by atoms with Crippen molar-refractivity contribution in [2.45, 2.75) is 39.8 Å². The molecule has 0 bridgehead atoms. The normalized spacial score (nSPS) is 17.1. The summed E-state index contributed by atoms with van der Waals surface area (Å²) in [6.45, 7) is 7.36. The van der Waals surface area contributed by atoms with Crippen molar-refractivity contribution < 1.29 is 33.5 Å². The molecule has 0 aliphatic carbocycles. The molecular formula is C30H38N6O7. The van der Waals surface area contributed by atoms with E-state index in [0.29, 0.717) is 40.0 Å². The van der Waals surface area contributed by atoms with Crippen molar-refractivity contribution in [1.82, 2.24) is 15.0 Å². The van der Waals surface area contributed by atoms with Gasteiger partial charge in [-0.15, -0.1) is 0 Å². The molecule has 13 nitrogen and oxygen atoms in total. The fourth-order valence-corrected chi connectivity index (χ4v) is 4.70. The molecule has 5 amide bonds. The predicted octanol–water partition coefficient (Wildman–Crippen LogP) is 4.33. The number of aliphatic hydroxyl groups excluding tert-OH is 1. The van der Waals surface area contributed by atoms with Gasteiger partial charge < -0.3 is 44.9 Å². The largest absolute Gasteiger partial charge is 0.497 e. The molecule has 1 aliphatic rings. The van der Waals surface area contributed by atoms with Gasteiger partial charge in [0.2, 0.25) is 0 Å². The molecule has 0 saturated carbocycles. The summed E-state index contributed by atoms with van der Waals surface area (Å²) in [6.07, 6.45) is -0.492. The molecule has 0 spiro atoms. The number of hydrogen-bond donors (Lipinski definition) is 4. The van der Waals surface area contributed by atoms with Crippen molar-refractivity contribution in [2.75, 3.05) is 49.8 Å². The number of fused-ring (bicyclic) bond motifs is 1. The number of urea groups is 2. The van der Waals surface area contributed by atoms with Crippen LogP contribution in [0, 0.1) is 19.8 Å². The topological polar surface area (TPSA) is 158 Å². The summed E-state index contributed by atoms with van der Waals surface area (Å²) in [7, 11) is 3.24. The van der Waals surface area contributed by atoms with Crippen LogP contribution in [-0.2, 0) is 0 Å². The molecule has 1 aliphatic heterocycles. The average Bonchev–Trinajstić information content (AvgIpc) is 3.31. The van der Waals surface area contributed by atoms with E-state index in [4.69, 9.17) is 14.0 Å². The molecule has 4 rings (SSSR count). The number of aliphatic hydroxyl groups is 1. The maximum atomic E-state index is 13.7. The Hall–Kier alpha value is -4.78. The van der Waals surface area contributed by atoms with E-state index in [1.165, 1.54) is 11.0 Å². The van der Waals surface area contributed by atoms with E-state index in [1.807, 2.05) is 6.92 Å². The zero-order valence-electron chi connectivity index (χ0n) is 25.1. The quantitative estimate of drug-likeness (QED) is 0.300. The highest BCUT2D eigenvalue weighted by molar-refractivity contribution is 6.03. The van der Waals surface area contributed by atoms with Crippen molar-refractivity contribution in [1.29, 1.82) is 0 Å². The third-order valence-electron chi connectivity index (χ3n) is 7.34. The molecule has 13 heteroatoms. The summed E-state index contributed by atoms with van der Waals surface area (Å²) in [5.74, 6) is 0.906. The minimum atomic E-state index is -0.537. The molecule has 2 heterocycles. The molecule has 0 radical (unpaired) electrons. The second kappa shape index (κ2) is 13.5. The summed E-state index contributed by atoms with van der Waals surface area (Å²) in [5.41, 5.74) is 2.19. The number of rotatable bonds is 8.